The third-order valence-corrected chi connectivity index (χ3v) is 20.8. The number of epoxide rings is 1. The van der Waals surface area contributed by atoms with E-state index >= 15 is 0 Å². The second-order valence-electron chi connectivity index (χ2n) is 11.2. The van der Waals surface area contributed by atoms with Gasteiger partial charge in [0.1, 0.15) is 0 Å². The van der Waals surface area contributed by atoms with Gasteiger partial charge in [0.2, 0.25) is 0 Å². The molecule has 27 heavy (non-hydrogen) atoms. The van der Waals surface area contributed by atoms with Gasteiger partial charge in [-0.3, -0.25) is 0 Å². The van der Waals surface area contributed by atoms with Crippen LogP contribution < -0.4 is 0 Å². The third-order valence-electron chi connectivity index (χ3n) is 6.18. The molecule has 0 bridgehead atoms. The first-order valence-corrected chi connectivity index (χ1v) is 23.3. The summed E-state index contributed by atoms with van der Waals surface area (Å²) >= 11 is 0. The minimum absolute atomic E-state index is 0.607. The van der Waals surface area contributed by atoms with E-state index in [4.69, 9.17) is 13.0 Å². The molecule has 0 amide bonds. The van der Waals surface area contributed by atoms with E-state index in [1.807, 2.05) is 0 Å². The van der Waals surface area contributed by atoms with E-state index in [2.05, 4.69) is 64.7 Å². The van der Waals surface area contributed by atoms with E-state index in [0.29, 0.717) is 12.2 Å². The number of fused-ring (bicyclic) bond motifs is 1. The predicted molar refractivity (Wildman–Crippen MR) is 127 cm³/mol. The maximum absolute atomic E-state index is 6.91. The number of rotatable bonds is 11. The molecule has 7 heteroatoms. The molecule has 1 saturated carbocycles. The zero-order valence-electron chi connectivity index (χ0n) is 19.2. The Morgan fingerprint density at radius 2 is 1.37 bits per heavy atom. The van der Waals surface area contributed by atoms with Crippen LogP contribution in [0.15, 0.2) is 12.3 Å². The summed E-state index contributed by atoms with van der Waals surface area (Å²) in [5, 5.41) is 0. The molecule has 0 aromatic heterocycles. The number of hydrogen-bond donors (Lipinski definition) is 0. The SMILES string of the molecule is C=C[Si](C)(C)O[Si](C)(C)CC[Si](C)(C)O[Si](C)(C)CCC1CCC2OC2C1. The highest BCUT2D eigenvalue weighted by atomic mass is 28.4. The van der Waals surface area contributed by atoms with Crippen LogP contribution in [0.2, 0.25) is 70.5 Å². The first kappa shape index (κ1) is 23.8. The predicted octanol–water partition coefficient (Wildman–Crippen LogP) is 6.52. The van der Waals surface area contributed by atoms with Crippen LogP contribution in [-0.2, 0) is 13.0 Å². The molecule has 2 fully saturated rings. The van der Waals surface area contributed by atoms with Gasteiger partial charge in [-0.25, -0.2) is 0 Å². The topological polar surface area (TPSA) is 31.0 Å². The average Bonchev–Trinajstić information content (AvgIpc) is 3.28. The van der Waals surface area contributed by atoms with Gasteiger partial charge >= 0.3 is 0 Å². The van der Waals surface area contributed by atoms with Crippen LogP contribution in [-0.4, -0.2) is 45.5 Å². The summed E-state index contributed by atoms with van der Waals surface area (Å²) in [6.07, 6.45) is 6.54. The van der Waals surface area contributed by atoms with E-state index in [9.17, 15) is 0 Å². The van der Waals surface area contributed by atoms with Gasteiger partial charge in [0.15, 0.2) is 33.3 Å². The van der Waals surface area contributed by atoms with Gasteiger partial charge in [-0.2, -0.15) is 0 Å². The van der Waals surface area contributed by atoms with E-state index in [1.165, 1.54) is 43.8 Å². The van der Waals surface area contributed by atoms with Gasteiger partial charge in [-0.15, -0.1) is 6.58 Å². The molecule has 0 spiro atoms. The standard InChI is InChI=1S/C20H44O3Si4/c1-10-24(2,3)22-26(6,7)15-16-27(8,9)23-25(4,5)14-13-18-11-12-19-20(17-18)21-19/h10,18-20H,1,11-17H2,2-9H3. The van der Waals surface area contributed by atoms with Crippen molar-refractivity contribution in [2.24, 2.45) is 5.92 Å². The fourth-order valence-corrected chi connectivity index (χ4v) is 23.7. The molecular weight excluding hydrogens is 401 g/mol. The van der Waals surface area contributed by atoms with E-state index in [0.717, 1.165) is 5.92 Å². The lowest BCUT2D eigenvalue weighted by atomic mass is 9.88. The molecule has 1 saturated heterocycles. The van der Waals surface area contributed by atoms with Crippen LogP contribution in [0.4, 0.5) is 0 Å². The van der Waals surface area contributed by atoms with Gasteiger partial charge in [0.25, 0.3) is 0 Å². The van der Waals surface area contributed by atoms with Gasteiger partial charge in [-0.05, 0) is 95.7 Å². The monoisotopic (exact) mass is 444 g/mol. The number of ether oxygens (including phenoxy) is 1. The van der Waals surface area contributed by atoms with Crippen LogP contribution >= 0.6 is 0 Å². The largest absolute Gasteiger partial charge is 0.456 e. The second-order valence-corrected chi connectivity index (χ2v) is 28.5. The first-order chi connectivity index (χ1) is 12.2. The van der Waals surface area contributed by atoms with Gasteiger partial charge < -0.3 is 13.0 Å². The minimum Gasteiger partial charge on any atom is -0.456 e. The van der Waals surface area contributed by atoms with E-state index < -0.39 is 33.3 Å². The summed E-state index contributed by atoms with van der Waals surface area (Å²) < 4.78 is 19.2. The quantitative estimate of drug-likeness (QED) is 0.268. The molecule has 1 aliphatic carbocycles. The van der Waals surface area contributed by atoms with Crippen molar-refractivity contribution in [1.82, 2.24) is 0 Å². The Labute approximate surface area is 172 Å². The first-order valence-electron chi connectivity index (χ1n) is 10.9. The maximum Gasteiger partial charge on any atom is 0.197 e. The smallest absolute Gasteiger partial charge is 0.197 e. The minimum atomic E-state index is -1.69. The molecule has 2 aliphatic rings. The maximum atomic E-state index is 6.91. The summed E-state index contributed by atoms with van der Waals surface area (Å²) in [5.74, 6) is 0.875. The van der Waals surface area contributed by atoms with Crippen LogP contribution in [0.5, 0.6) is 0 Å². The normalized spacial score (nSPS) is 26.6. The van der Waals surface area contributed by atoms with Gasteiger partial charge in [0.05, 0.1) is 12.2 Å². The highest BCUT2D eigenvalue weighted by Crippen LogP contribution is 2.42. The second kappa shape index (κ2) is 8.69. The van der Waals surface area contributed by atoms with Crippen molar-refractivity contribution in [1.29, 1.82) is 0 Å². The summed E-state index contributed by atoms with van der Waals surface area (Å²) in [4.78, 5) is 0. The van der Waals surface area contributed by atoms with Crippen LogP contribution in [0, 0.1) is 5.92 Å². The lowest BCUT2D eigenvalue weighted by molar-refractivity contribution is 0.355. The fraction of sp³-hybridized carbons (Fsp3) is 0.900. The van der Waals surface area contributed by atoms with Crippen LogP contribution in [0.1, 0.15) is 25.7 Å². The Hall–Kier alpha value is 0.488. The molecular formula is C20H44O3Si4. The van der Waals surface area contributed by atoms with Crippen molar-refractivity contribution >= 4 is 33.3 Å². The van der Waals surface area contributed by atoms with Crippen LogP contribution in [0.25, 0.3) is 0 Å². The Bertz CT molecular complexity index is 519. The van der Waals surface area contributed by atoms with E-state index in [-0.39, 0.29) is 0 Å². The van der Waals surface area contributed by atoms with Crippen molar-refractivity contribution < 1.29 is 13.0 Å². The van der Waals surface area contributed by atoms with Crippen molar-refractivity contribution in [2.45, 2.75) is 108 Å². The van der Waals surface area contributed by atoms with Crippen molar-refractivity contribution in [3.8, 4) is 0 Å². The van der Waals surface area contributed by atoms with Crippen LogP contribution in [0.3, 0.4) is 0 Å². The Balaban J connectivity index is 1.77. The molecule has 0 radical (unpaired) electrons. The lowest BCUT2D eigenvalue weighted by Gasteiger charge is -2.38. The van der Waals surface area contributed by atoms with Gasteiger partial charge in [0, 0.05) is 0 Å². The summed E-state index contributed by atoms with van der Waals surface area (Å²) in [7, 11) is -6.58. The van der Waals surface area contributed by atoms with Gasteiger partial charge in [-0.1, -0.05) is 12.1 Å². The molecule has 3 nitrogen and oxygen atoms in total. The molecule has 3 atom stereocenters. The Kier molecular flexibility index (Phi) is 7.65. The van der Waals surface area contributed by atoms with Crippen molar-refractivity contribution in [3.63, 3.8) is 0 Å². The average molecular weight is 445 g/mol. The zero-order valence-corrected chi connectivity index (χ0v) is 23.2. The summed E-state index contributed by atoms with van der Waals surface area (Å²) in [6, 6.07) is 3.74. The fourth-order valence-electron chi connectivity index (χ4n) is 4.56. The highest BCUT2D eigenvalue weighted by Gasteiger charge is 2.44. The molecule has 0 N–H and O–H groups in total. The molecule has 0 aromatic rings. The molecule has 0 aromatic carbocycles. The molecule has 158 valence electrons. The highest BCUT2D eigenvalue weighted by molar-refractivity contribution is 6.89. The number of hydrogen-bond acceptors (Lipinski definition) is 3. The Morgan fingerprint density at radius 3 is 1.93 bits per heavy atom. The molecule has 2 rings (SSSR count). The van der Waals surface area contributed by atoms with Crippen molar-refractivity contribution in [3.05, 3.63) is 12.3 Å². The molecule has 1 heterocycles. The Morgan fingerprint density at radius 1 is 0.815 bits per heavy atom. The molecule has 3 unspecified atom stereocenters. The summed E-state index contributed by atoms with van der Waals surface area (Å²) in [6.45, 7) is 22.9. The molecule has 1 aliphatic heterocycles. The zero-order chi connectivity index (χ0) is 20.5. The summed E-state index contributed by atoms with van der Waals surface area (Å²) in [5.41, 5.74) is 2.07. The van der Waals surface area contributed by atoms with Crippen molar-refractivity contribution in [2.75, 3.05) is 0 Å². The third kappa shape index (κ3) is 8.40. The lowest BCUT2D eigenvalue weighted by Crippen LogP contribution is -2.47. The van der Waals surface area contributed by atoms with E-state index in [1.54, 1.807) is 0 Å².